The summed E-state index contributed by atoms with van der Waals surface area (Å²) in [4.78, 5) is 53.4. The highest BCUT2D eigenvalue weighted by Crippen LogP contribution is 2.41. The van der Waals surface area contributed by atoms with Crippen molar-refractivity contribution in [2.45, 2.75) is 66.2 Å². The molecule has 0 spiro atoms. The molecule has 2 aliphatic carbocycles. The molecule has 2 amide bonds. The predicted octanol–water partition coefficient (Wildman–Crippen LogP) is 4.99. The van der Waals surface area contributed by atoms with E-state index in [9.17, 15) is 19.2 Å². The Morgan fingerprint density at radius 2 is 1.14 bits per heavy atom. The Morgan fingerprint density at radius 3 is 1.50 bits per heavy atom. The minimum atomic E-state index is -0.901. The molecule has 0 unspecified atom stereocenters. The molecule has 2 heterocycles. The van der Waals surface area contributed by atoms with Gasteiger partial charge in [0.1, 0.15) is 10.0 Å². The third kappa shape index (κ3) is 5.34. The van der Waals surface area contributed by atoms with Crippen LogP contribution in [0.4, 0.5) is 10.0 Å². The summed E-state index contributed by atoms with van der Waals surface area (Å²) in [6.45, 7) is 8.19. The lowest BCUT2D eigenvalue weighted by Crippen LogP contribution is -2.30. The summed E-state index contributed by atoms with van der Waals surface area (Å²) in [5, 5.41) is 5.94. The van der Waals surface area contributed by atoms with Crippen molar-refractivity contribution in [3.8, 4) is 0 Å². The van der Waals surface area contributed by atoms with Crippen molar-refractivity contribution < 1.29 is 28.7 Å². The lowest BCUT2D eigenvalue weighted by molar-refractivity contribution is -0.132. The lowest BCUT2D eigenvalue weighted by Gasteiger charge is -2.18. The number of fused-ring (bicyclic) bond motifs is 2. The Labute approximate surface area is 218 Å². The van der Waals surface area contributed by atoms with Gasteiger partial charge in [-0.1, -0.05) is 13.8 Å². The second kappa shape index (κ2) is 11.1. The first kappa shape index (κ1) is 26.3. The van der Waals surface area contributed by atoms with Crippen molar-refractivity contribution in [3.05, 3.63) is 32.0 Å². The molecule has 10 heteroatoms. The summed E-state index contributed by atoms with van der Waals surface area (Å²) in [6, 6.07) is 0. The summed E-state index contributed by atoms with van der Waals surface area (Å²) < 4.78 is 10.5. The fourth-order valence-electron chi connectivity index (χ4n) is 4.84. The van der Waals surface area contributed by atoms with Crippen molar-refractivity contribution in [2.24, 2.45) is 11.8 Å². The Balaban J connectivity index is 1.58. The molecule has 0 radical (unpaired) electrons. The monoisotopic (exact) mass is 532 g/mol. The van der Waals surface area contributed by atoms with Gasteiger partial charge in [0.15, 0.2) is 0 Å². The van der Waals surface area contributed by atoms with E-state index < -0.39 is 23.8 Å². The molecule has 2 atom stereocenters. The molecule has 0 aliphatic heterocycles. The van der Waals surface area contributed by atoms with Crippen molar-refractivity contribution in [1.82, 2.24) is 0 Å². The van der Waals surface area contributed by atoms with Crippen molar-refractivity contribution in [3.63, 3.8) is 0 Å². The number of thiophene rings is 2. The van der Waals surface area contributed by atoms with Crippen LogP contribution in [-0.2, 0) is 44.7 Å². The highest BCUT2D eigenvalue weighted by molar-refractivity contribution is 7.17. The van der Waals surface area contributed by atoms with Crippen LogP contribution in [0.15, 0.2) is 0 Å². The Bertz CT molecular complexity index is 1110. The van der Waals surface area contributed by atoms with E-state index in [1.165, 1.54) is 22.7 Å². The van der Waals surface area contributed by atoms with Crippen molar-refractivity contribution in [1.29, 1.82) is 0 Å². The number of nitrogens with one attached hydrogen (secondary N) is 2. The molecule has 2 N–H and O–H groups in total. The summed E-state index contributed by atoms with van der Waals surface area (Å²) in [5.41, 5.74) is 2.49. The van der Waals surface area contributed by atoms with Gasteiger partial charge in [0.25, 0.3) is 0 Å². The van der Waals surface area contributed by atoms with Crippen LogP contribution in [0.2, 0.25) is 0 Å². The van der Waals surface area contributed by atoms with E-state index in [2.05, 4.69) is 24.5 Å². The van der Waals surface area contributed by atoms with Crippen LogP contribution in [0.1, 0.15) is 82.1 Å². The average Bonchev–Trinajstić information content (AvgIpc) is 3.35. The average molecular weight is 533 g/mol. The molecule has 194 valence electrons. The standard InChI is InChI=1S/C26H32N2O6S2/c1-5-33-25(31)19-15-9-7-13(3)11-17(15)35-23(19)27-21(29)22(30)28-24-20(26(32)34-6-2)16-10-8-14(4)12-18(16)36-24/h13-14H,5-12H2,1-4H3,(H,27,29)(H,28,30)/t13-,14-/m1/s1. The first-order valence-electron chi connectivity index (χ1n) is 12.5. The topological polar surface area (TPSA) is 111 Å². The Morgan fingerprint density at radius 1 is 0.750 bits per heavy atom. The molecule has 0 bridgehead atoms. The van der Waals surface area contributed by atoms with E-state index in [1.54, 1.807) is 13.8 Å². The summed E-state index contributed by atoms with van der Waals surface area (Å²) in [5.74, 6) is -1.84. The molecule has 8 nitrogen and oxygen atoms in total. The maximum Gasteiger partial charge on any atom is 0.341 e. The molecule has 0 saturated heterocycles. The second-order valence-electron chi connectivity index (χ2n) is 9.46. The fourth-order valence-corrected chi connectivity index (χ4v) is 7.62. The lowest BCUT2D eigenvalue weighted by atomic mass is 9.88. The van der Waals surface area contributed by atoms with Gasteiger partial charge in [-0.05, 0) is 75.3 Å². The fraction of sp³-hybridized carbons (Fsp3) is 0.538. The number of anilines is 2. The maximum atomic E-state index is 12.9. The summed E-state index contributed by atoms with van der Waals surface area (Å²) in [7, 11) is 0. The van der Waals surface area contributed by atoms with Crippen molar-refractivity contribution >= 4 is 56.4 Å². The van der Waals surface area contributed by atoms with Crippen LogP contribution in [0, 0.1) is 11.8 Å². The van der Waals surface area contributed by atoms with Gasteiger partial charge in [-0.3, -0.25) is 9.59 Å². The zero-order chi connectivity index (χ0) is 26.0. The molecule has 2 aromatic rings. The first-order valence-corrected chi connectivity index (χ1v) is 14.1. The maximum absolute atomic E-state index is 12.9. The molecular formula is C26H32N2O6S2. The normalized spacial score (nSPS) is 18.6. The minimum Gasteiger partial charge on any atom is -0.462 e. The van der Waals surface area contributed by atoms with E-state index in [0.29, 0.717) is 33.0 Å². The van der Waals surface area contributed by atoms with Gasteiger partial charge in [-0.2, -0.15) is 0 Å². The number of ether oxygens (including phenoxy) is 2. The molecular weight excluding hydrogens is 500 g/mol. The van der Waals surface area contributed by atoms with Crippen LogP contribution < -0.4 is 10.6 Å². The quantitative estimate of drug-likeness (QED) is 0.401. The Kier molecular flexibility index (Phi) is 8.14. The molecule has 4 rings (SSSR count). The molecule has 0 fully saturated rings. The second-order valence-corrected chi connectivity index (χ2v) is 11.7. The largest absolute Gasteiger partial charge is 0.462 e. The SMILES string of the molecule is CCOC(=O)c1c(NC(=O)C(=O)Nc2sc3c(c2C(=O)OCC)CC[C@@H](C)C3)sc2c1CC[C@@H](C)C2. The van der Waals surface area contributed by atoms with Gasteiger partial charge >= 0.3 is 23.8 Å². The van der Waals surface area contributed by atoms with Gasteiger partial charge in [-0.15, -0.1) is 22.7 Å². The van der Waals surface area contributed by atoms with Crippen LogP contribution in [0.5, 0.6) is 0 Å². The highest BCUT2D eigenvalue weighted by Gasteiger charge is 2.32. The number of carbonyl (C=O) groups excluding carboxylic acids is 4. The van der Waals surface area contributed by atoms with Gasteiger partial charge < -0.3 is 20.1 Å². The predicted molar refractivity (Wildman–Crippen MR) is 140 cm³/mol. The van der Waals surface area contributed by atoms with E-state index in [1.807, 2.05) is 0 Å². The van der Waals surface area contributed by atoms with Gasteiger partial charge in [0, 0.05) is 9.75 Å². The van der Waals surface area contributed by atoms with Gasteiger partial charge in [-0.25, -0.2) is 9.59 Å². The molecule has 0 saturated carbocycles. The molecule has 0 aromatic carbocycles. The van der Waals surface area contributed by atoms with Crippen LogP contribution in [0.3, 0.4) is 0 Å². The number of carbonyl (C=O) groups is 4. The zero-order valence-electron chi connectivity index (χ0n) is 21.1. The number of amides is 2. The third-order valence-corrected chi connectivity index (χ3v) is 8.98. The number of hydrogen-bond donors (Lipinski definition) is 2. The van der Waals surface area contributed by atoms with Gasteiger partial charge in [0.2, 0.25) is 0 Å². The molecule has 2 aliphatic rings. The summed E-state index contributed by atoms with van der Waals surface area (Å²) >= 11 is 2.65. The molecule has 2 aromatic heterocycles. The third-order valence-electron chi connectivity index (χ3n) is 6.64. The van der Waals surface area contributed by atoms with E-state index in [-0.39, 0.29) is 13.2 Å². The zero-order valence-corrected chi connectivity index (χ0v) is 22.7. The smallest absolute Gasteiger partial charge is 0.341 e. The highest BCUT2D eigenvalue weighted by atomic mass is 32.1. The van der Waals surface area contributed by atoms with Crippen LogP contribution in [-0.4, -0.2) is 37.0 Å². The number of rotatable bonds is 6. The van der Waals surface area contributed by atoms with E-state index >= 15 is 0 Å². The van der Waals surface area contributed by atoms with Crippen LogP contribution >= 0.6 is 22.7 Å². The van der Waals surface area contributed by atoms with E-state index in [4.69, 9.17) is 9.47 Å². The minimum absolute atomic E-state index is 0.214. The van der Waals surface area contributed by atoms with E-state index in [0.717, 1.165) is 59.4 Å². The summed E-state index contributed by atoms with van der Waals surface area (Å²) in [6.07, 6.45) is 4.98. The molecule has 36 heavy (non-hydrogen) atoms. The van der Waals surface area contributed by atoms with Gasteiger partial charge in [0.05, 0.1) is 24.3 Å². The van der Waals surface area contributed by atoms with Crippen molar-refractivity contribution in [2.75, 3.05) is 23.8 Å². The number of esters is 2. The number of hydrogen-bond acceptors (Lipinski definition) is 8. The van der Waals surface area contributed by atoms with Crippen LogP contribution in [0.25, 0.3) is 0 Å². The Hall–Kier alpha value is -2.72. The first-order chi connectivity index (χ1) is 17.2.